The summed E-state index contributed by atoms with van der Waals surface area (Å²) in [5.74, 6) is -3.03. The fourth-order valence-corrected chi connectivity index (χ4v) is 3.69. The highest BCUT2D eigenvalue weighted by atomic mass is 35.5. The molecule has 4 rings (SSSR count). The number of anilines is 1. The van der Waals surface area contributed by atoms with Crippen molar-refractivity contribution in [2.75, 3.05) is 18.0 Å². The van der Waals surface area contributed by atoms with Gasteiger partial charge in [-0.3, -0.25) is 4.79 Å². The lowest BCUT2D eigenvalue weighted by atomic mass is 10.1. The van der Waals surface area contributed by atoms with Gasteiger partial charge in [-0.1, -0.05) is 6.92 Å². The van der Waals surface area contributed by atoms with Crippen LogP contribution in [0, 0.1) is 17.6 Å². The van der Waals surface area contributed by atoms with Gasteiger partial charge in [0.1, 0.15) is 17.1 Å². The van der Waals surface area contributed by atoms with E-state index >= 15 is 4.39 Å². The Morgan fingerprint density at radius 1 is 1.30 bits per heavy atom. The number of carboxylic acids is 1. The minimum absolute atomic E-state index is 0. The Bertz CT molecular complexity index is 980. The number of nitrogens with zero attached hydrogens (tertiary/aromatic N) is 2. The fraction of sp³-hybridized carbons (Fsp3) is 0.444. The Balaban J connectivity index is 0.00000210. The van der Waals surface area contributed by atoms with Gasteiger partial charge in [0.05, 0.1) is 10.9 Å². The quantitative estimate of drug-likeness (QED) is 0.828. The molecule has 9 heteroatoms. The molecular weight excluding hydrogens is 380 g/mol. The van der Waals surface area contributed by atoms with Crippen LogP contribution >= 0.6 is 12.4 Å². The number of carbonyl (C=O) groups is 1. The summed E-state index contributed by atoms with van der Waals surface area (Å²) in [5.41, 5.74) is 4.39. The summed E-state index contributed by atoms with van der Waals surface area (Å²) in [6.07, 6.45) is 2.69. The van der Waals surface area contributed by atoms with Crippen molar-refractivity contribution in [1.29, 1.82) is 0 Å². The van der Waals surface area contributed by atoms with Crippen molar-refractivity contribution in [1.82, 2.24) is 4.57 Å². The molecule has 6 nitrogen and oxygen atoms in total. The van der Waals surface area contributed by atoms with Crippen LogP contribution in [0.3, 0.4) is 0 Å². The molecule has 1 aromatic carbocycles. The molecule has 1 saturated carbocycles. The monoisotopic (exact) mass is 399 g/mol. The van der Waals surface area contributed by atoms with Crippen LogP contribution in [0.4, 0.5) is 14.5 Å². The number of carboxylic acid groups (broad SMARTS) is 1. The van der Waals surface area contributed by atoms with Crippen molar-refractivity contribution in [3.63, 3.8) is 0 Å². The summed E-state index contributed by atoms with van der Waals surface area (Å²) < 4.78 is 31.6. The van der Waals surface area contributed by atoms with Gasteiger partial charge in [-0.05, 0) is 24.8 Å². The third-order valence-corrected chi connectivity index (χ3v) is 5.34. The van der Waals surface area contributed by atoms with E-state index in [9.17, 15) is 19.1 Å². The third kappa shape index (κ3) is 3.06. The Morgan fingerprint density at radius 3 is 2.48 bits per heavy atom. The number of rotatable bonds is 3. The number of hydrogen-bond acceptors (Lipinski definition) is 4. The Morgan fingerprint density at radius 2 is 1.96 bits per heavy atom. The van der Waals surface area contributed by atoms with Crippen molar-refractivity contribution < 1.29 is 18.7 Å². The number of benzene rings is 1. The molecule has 0 unspecified atom stereocenters. The zero-order valence-corrected chi connectivity index (χ0v) is 15.4. The topological polar surface area (TPSA) is 88.6 Å². The number of aromatic carboxylic acids is 1. The SMILES string of the molecule is C[C@@H]1CN(c2c(F)cc3c(=O)c(C(=O)O)cn(C4CC4)c3c2F)C[C@@H]1N.Cl. The Kier molecular flexibility index (Phi) is 4.90. The van der Waals surface area contributed by atoms with Gasteiger partial charge in [-0.15, -0.1) is 12.4 Å². The van der Waals surface area contributed by atoms with E-state index in [0.717, 1.165) is 18.9 Å². The molecule has 1 saturated heterocycles. The molecule has 3 N–H and O–H groups in total. The summed E-state index contributed by atoms with van der Waals surface area (Å²) in [4.78, 5) is 25.4. The lowest BCUT2D eigenvalue weighted by Gasteiger charge is -2.22. The molecule has 0 spiro atoms. The number of hydrogen-bond donors (Lipinski definition) is 2. The molecule has 27 heavy (non-hydrogen) atoms. The first-order chi connectivity index (χ1) is 12.3. The van der Waals surface area contributed by atoms with E-state index in [1.807, 2.05) is 6.92 Å². The lowest BCUT2D eigenvalue weighted by Crippen LogP contribution is -2.29. The minimum atomic E-state index is -1.41. The molecule has 2 atom stereocenters. The van der Waals surface area contributed by atoms with E-state index in [4.69, 9.17) is 5.73 Å². The normalized spacial score (nSPS) is 22.1. The van der Waals surface area contributed by atoms with Gasteiger partial charge in [-0.2, -0.15) is 0 Å². The highest BCUT2D eigenvalue weighted by Gasteiger charge is 2.34. The van der Waals surface area contributed by atoms with Gasteiger partial charge in [0.25, 0.3) is 0 Å². The lowest BCUT2D eigenvalue weighted by molar-refractivity contribution is 0.0695. The van der Waals surface area contributed by atoms with Gasteiger partial charge in [0.15, 0.2) is 5.82 Å². The first-order valence-electron chi connectivity index (χ1n) is 8.60. The number of halogens is 3. The molecule has 0 bridgehead atoms. The summed E-state index contributed by atoms with van der Waals surface area (Å²) in [6.45, 7) is 2.66. The largest absolute Gasteiger partial charge is 0.477 e. The fourth-order valence-electron chi connectivity index (χ4n) is 3.69. The maximum atomic E-state index is 15.4. The summed E-state index contributed by atoms with van der Waals surface area (Å²) >= 11 is 0. The Hall–Kier alpha value is -2.19. The van der Waals surface area contributed by atoms with E-state index in [0.29, 0.717) is 13.1 Å². The van der Waals surface area contributed by atoms with Crippen LogP contribution in [0.25, 0.3) is 10.9 Å². The number of nitrogens with two attached hydrogens (primary N) is 1. The number of fused-ring (bicyclic) bond motifs is 1. The summed E-state index contributed by atoms with van der Waals surface area (Å²) in [7, 11) is 0. The van der Waals surface area contributed by atoms with Crippen LogP contribution in [0.15, 0.2) is 17.1 Å². The van der Waals surface area contributed by atoms with E-state index in [-0.39, 0.29) is 47.0 Å². The molecule has 2 heterocycles. The van der Waals surface area contributed by atoms with Crippen molar-refractivity contribution >= 4 is 35.0 Å². The molecule has 1 aromatic heterocycles. The minimum Gasteiger partial charge on any atom is -0.477 e. The second-order valence-corrected chi connectivity index (χ2v) is 7.28. The highest BCUT2D eigenvalue weighted by Crippen LogP contribution is 2.40. The van der Waals surface area contributed by atoms with Crippen molar-refractivity contribution in [2.45, 2.75) is 31.8 Å². The first-order valence-corrected chi connectivity index (χ1v) is 8.60. The van der Waals surface area contributed by atoms with Gasteiger partial charge in [0.2, 0.25) is 5.43 Å². The van der Waals surface area contributed by atoms with Gasteiger partial charge < -0.3 is 20.3 Å². The highest BCUT2D eigenvalue weighted by molar-refractivity contribution is 5.94. The van der Waals surface area contributed by atoms with Gasteiger partial charge in [0, 0.05) is 31.4 Å². The van der Waals surface area contributed by atoms with Gasteiger partial charge >= 0.3 is 5.97 Å². The van der Waals surface area contributed by atoms with E-state index in [2.05, 4.69) is 0 Å². The molecule has 0 amide bonds. The molecule has 0 radical (unpaired) electrons. The van der Waals surface area contributed by atoms with Crippen LogP contribution in [0.1, 0.15) is 36.2 Å². The molecule has 2 fully saturated rings. The average molecular weight is 400 g/mol. The second-order valence-electron chi connectivity index (χ2n) is 7.28. The zero-order valence-electron chi connectivity index (χ0n) is 14.6. The molecular formula is C18H20ClF2N3O3. The standard InChI is InChI=1S/C18H19F2N3O3.ClH/c1-8-5-22(7-13(8)21)16-12(19)4-10-15(14(16)20)23(9-2-3-9)6-11(17(10)24)18(25)26;/h4,6,8-9,13H,2-3,5,7,21H2,1H3,(H,25,26);1H/t8-,13+;/m1./s1. The van der Waals surface area contributed by atoms with Crippen LogP contribution < -0.4 is 16.1 Å². The van der Waals surface area contributed by atoms with Crippen LogP contribution in [0.2, 0.25) is 0 Å². The molecule has 2 aromatic rings. The molecule has 146 valence electrons. The molecule has 1 aliphatic heterocycles. The van der Waals surface area contributed by atoms with E-state index in [1.165, 1.54) is 10.8 Å². The van der Waals surface area contributed by atoms with Crippen LogP contribution in [-0.4, -0.2) is 34.8 Å². The average Bonchev–Trinajstić information content (AvgIpc) is 3.35. The predicted molar refractivity (Wildman–Crippen MR) is 100.0 cm³/mol. The predicted octanol–water partition coefficient (Wildman–Crippen LogP) is 2.52. The van der Waals surface area contributed by atoms with Crippen molar-refractivity contribution in [3.8, 4) is 0 Å². The summed E-state index contributed by atoms with van der Waals surface area (Å²) in [5, 5.41) is 9.01. The maximum absolute atomic E-state index is 15.4. The van der Waals surface area contributed by atoms with E-state index in [1.54, 1.807) is 4.90 Å². The second kappa shape index (κ2) is 6.76. The van der Waals surface area contributed by atoms with Crippen LogP contribution in [-0.2, 0) is 0 Å². The smallest absolute Gasteiger partial charge is 0.341 e. The summed E-state index contributed by atoms with van der Waals surface area (Å²) in [6, 6.07) is 0.684. The maximum Gasteiger partial charge on any atom is 0.341 e. The first kappa shape index (κ1) is 19.6. The van der Waals surface area contributed by atoms with Gasteiger partial charge in [-0.25, -0.2) is 13.6 Å². The van der Waals surface area contributed by atoms with Crippen molar-refractivity contribution in [2.24, 2.45) is 11.7 Å². The van der Waals surface area contributed by atoms with Crippen molar-refractivity contribution in [3.05, 3.63) is 39.7 Å². The third-order valence-electron chi connectivity index (χ3n) is 5.34. The number of pyridine rings is 1. The molecule has 1 aliphatic carbocycles. The molecule has 2 aliphatic rings. The Labute approximate surface area is 160 Å². The van der Waals surface area contributed by atoms with Crippen LogP contribution in [0.5, 0.6) is 0 Å². The zero-order chi connectivity index (χ0) is 18.7. The number of aromatic nitrogens is 1. The van der Waals surface area contributed by atoms with E-state index < -0.39 is 28.6 Å².